The van der Waals surface area contributed by atoms with Gasteiger partial charge in [-0.15, -0.1) is 0 Å². The number of aromatic nitrogens is 2. The van der Waals surface area contributed by atoms with Gasteiger partial charge in [0, 0.05) is 11.6 Å². The SMILES string of the molecule is COc1cccc(Cl)c1[C@@H](O)CN(C(=O)c1cnn(C2CCC(C)(C(=O)O)CC2)c1Cl)C1C[C@@H]2[C@H](C1)C2(C)C. The van der Waals surface area contributed by atoms with Crippen LogP contribution in [0.1, 0.15) is 87.4 Å². The average molecular weight is 579 g/mol. The van der Waals surface area contributed by atoms with Gasteiger partial charge in [-0.2, -0.15) is 5.10 Å². The molecular formula is C29H37Cl2N3O5. The van der Waals surface area contributed by atoms with Crippen LogP contribution in [-0.2, 0) is 4.79 Å². The van der Waals surface area contributed by atoms with Crippen molar-refractivity contribution in [2.45, 2.75) is 77.5 Å². The zero-order valence-electron chi connectivity index (χ0n) is 22.9. The van der Waals surface area contributed by atoms with Crippen LogP contribution >= 0.6 is 23.2 Å². The summed E-state index contributed by atoms with van der Waals surface area (Å²) in [6.07, 6.45) is 4.47. The van der Waals surface area contributed by atoms with Gasteiger partial charge < -0.3 is 19.8 Å². The van der Waals surface area contributed by atoms with Gasteiger partial charge in [0.05, 0.1) is 41.9 Å². The first-order valence-corrected chi connectivity index (χ1v) is 14.4. The van der Waals surface area contributed by atoms with E-state index in [1.54, 1.807) is 34.7 Å². The molecule has 0 saturated heterocycles. The molecule has 2 N–H and O–H groups in total. The summed E-state index contributed by atoms with van der Waals surface area (Å²) < 4.78 is 7.11. The molecule has 0 spiro atoms. The van der Waals surface area contributed by atoms with Gasteiger partial charge in [-0.3, -0.25) is 14.3 Å². The highest BCUT2D eigenvalue weighted by Gasteiger charge is 2.63. The summed E-state index contributed by atoms with van der Waals surface area (Å²) in [5, 5.41) is 26.0. The molecule has 2 aromatic rings. The molecule has 0 radical (unpaired) electrons. The Morgan fingerprint density at radius 2 is 1.82 bits per heavy atom. The van der Waals surface area contributed by atoms with Gasteiger partial charge in [0.1, 0.15) is 17.0 Å². The van der Waals surface area contributed by atoms with E-state index in [2.05, 4.69) is 18.9 Å². The molecule has 1 unspecified atom stereocenters. The van der Waals surface area contributed by atoms with Crippen molar-refractivity contribution in [3.63, 3.8) is 0 Å². The number of methoxy groups -OCH3 is 1. The van der Waals surface area contributed by atoms with Gasteiger partial charge in [0.2, 0.25) is 0 Å². The molecule has 4 atom stereocenters. The zero-order chi connectivity index (χ0) is 28.3. The molecule has 1 amide bonds. The highest BCUT2D eigenvalue weighted by Crippen LogP contribution is 2.67. The fourth-order valence-corrected chi connectivity index (χ4v) is 7.63. The minimum Gasteiger partial charge on any atom is -0.496 e. The van der Waals surface area contributed by atoms with Gasteiger partial charge in [0.15, 0.2) is 0 Å². The summed E-state index contributed by atoms with van der Waals surface area (Å²) in [6, 6.07) is 5.09. The Labute approximate surface area is 239 Å². The highest BCUT2D eigenvalue weighted by atomic mass is 35.5. The zero-order valence-corrected chi connectivity index (χ0v) is 24.4. The van der Waals surface area contributed by atoms with E-state index in [-0.39, 0.29) is 35.1 Å². The molecule has 3 aliphatic carbocycles. The van der Waals surface area contributed by atoms with E-state index in [4.69, 9.17) is 27.9 Å². The Morgan fingerprint density at radius 3 is 2.41 bits per heavy atom. The number of ether oxygens (including phenoxy) is 1. The topological polar surface area (TPSA) is 105 Å². The normalized spacial score (nSPS) is 29.9. The molecule has 0 bridgehead atoms. The third kappa shape index (κ3) is 4.93. The lowest BCUT2D eigenvalue weighted by molar-refractivity contribution is -0.150. The monoisotopic (exact) mass is 577 g/mol. The molecule has 8 nitrogen and oxygen atoms in total. The van der Waals surface area contributed by atoms with Crippen molar-refractivity contribution in [2.24, 2.45) is 22.7 Å². The van der Waals surface area contributed by atoms with Crippen LogP contribution < -0.4 is 4.74 Å². The molecule has 1 aromatic heterocycles. The Bertz CT molecular complexity index is 1260. The molecule has 5 rings (SSSR count). The van der Waals surface area contributed by atoms with Crippen LogP contribution in [0.2, 0.25) is 10.2 Å². The summed E-state index contributed by atoms with van der Waals surface area (Å²) >= 11 is 13.2. The van der Waals surface area contributed by atoms with Crippen molar-refractivity contribution >= 4 is 35.1 Å². The van der Waals surface area contributed by atoms with Crippen molar-refractivity contribution in [2.75, 3.05) is 13.7 Å². The van der Waals surface area contributed by atoms with Crippen LogP contribution in [-0.4, -0.2) is 56.5 Å². The number of carboxylic acid groups (broad SMARTS) is 1. The van der Waals surface area contributed by atoms with Crippen molar-refractivity contribution in [3.05, 3.63) is 45.7 Å². The summed E-state index contributed by atoms with van der Waals surface area (Å²) in [6.45, 7) is 6.37. The van der Waals surface area contributed by atoms with Gasteiger partial charge in [-0.1, -0.05) is 43.1 Å². The second-order valence-corrected chi connectivity index (χ2v) is 13.1. The maximum absolute atomic E-state index is 14.1. The number of nitrogens with zero attached hydrogens (tertiary/aromatic N) is 3. The highest BCUT2D eigenvalue weighted by molar-refractivity contribution is 6.33. The summed E-state index contributed by atoms with van der Waals surface area (Å²) in [5.74, 6) is 0.508. The summed E-state index contributed by atoms with van der Waals surface area (Å²) in [5.41, 5.74) is 0.275. The lowest BCUT2D eigenvalue weighted by Gasteiger charge is -2.34. The number of aliphatic hydroxyl groups is 1. The number of carbonyl (C=O) groups excluding carboxylic acids is 1. The van der Waals surface area contributed by atoms with E-state index in [1.807, 2.05) is 0 Å². The van der Waals surface area contributed by atoms with Crippen LogP contribution in [0, 0.1) is 22.7 Å². The minimum absolute atomic E-state index is 0.0333. The molecule has 3 aliphatic rings. The first kappa shape index (κ1) is 28.2. The van der Waals surface area contributed by atoms with E-state index in [0.717, 1.165) is 12.8 Å². The first-order chi connectivity index (χ1) is 18.4. The molecule has 3 saturated carbocycles. The maximum atomic E-state index is 14.1. The minimum atomic E-state index is -1.05. The van der Waals surface area contributed by atoms with Crippen molar-refractivity contribution in [1.29, 1.82) is 0 Å². The van der Waals surface area contributed by atoms with Crippen LogP contribution in [0.3, 0.4) is 0 Å². The largest absolute Gasteiger partial charge is 0.496 e. The predicted molar refractivity (Wildman–Crippen MR) is 148 cm³/mol. The lowest BCUT2D eigenvalue weighted by atomic mass is 9.74. The molecule has 1 aromatic carbocycles. The van der Waals surface area contributed by atoms with E-state index >= 15 is 0 Å². The second kappa shape index (κ2) is 10.3. The Kier molecular flexibility index (Phi) is 7.44. The van der Waals surface area contributed by atoms with Crippen molar-refractivity contribution in [3.8, 4) is 5.75 Å². The van der Waals surface area contributed by atoms with Gasteiger partial charge >= 0.3 is 5.97 Å². The predicted octanol–water partition coefficient (Wildman–Crippen LogP) is 6.01. The van der Waals surface area contributed by atoms with Crippen LogP contribution in [0.25, 0.3) is 0 Å². The summed E-state index contributed by atoms with van der Waals surface area (Å²) in [7, 11) is 1.52. The number of hydrogen-bond donors (Lipinski definition) is 2. The number of carboxylic acids is 1. The number of hydrogen-bond acceptors (Lipinski definition) is 5. The Morgan fingerprint density at radius 1 is 1.18 bits per heavy atom. The lowest BCUT2D eigenvalue weighted by Crippen LogP contribution is -2.43. The molecule has 1 heterocycles. The number of aliphatic carboxylic acids is 1. The van der Waals surface area contributed by atoms with E-state index in [0.29, 0.717) is 59.4 Å². The average Bonchev–Trinajstić information content (AvgIpc) is 3.27. The maximum Gasteiger partial charge on any atom is 0.309 e. The number of benzene rings is 1. The number of rotatable bonds is 8. The molecule has 10 heteroatoms. The van der Waals surface area contributed by atoms with Crippen molar-refractivity contribution in [1.82, 2.24) is 14.7 Å². The third-order valence-corrected chi connectivity index (χ3v) is 10.6. The fourth-order valence-electron chi connectivity index (χ4n) is 7.02. The molecular weight excluding hydrogens is 541 g/mol. The van der Waals surface area contributed by atoms with Crippen LogP contribution in [0.5, 0.6) is 5.75 Å². The standard InChI is InChI=1S/C29H37Cl2N3O5/c1-28(2)19-12-17(13-20(19)28)33(15-22(35)24-21(30)6-5-7-23(24)39-4)26(36)18-14-32-34(25(18)31)16-8-10-29(3,11-9-16)27(37)38/h5-7,14,16-17,19-20,22,35H,8-13,15H2,1-4H3,(H,37,38)/t16?,17?,19-,20+,22-,29?/m0/s1. The Hall–Kier alpha value is -2.29. The molecule has 212 valence electrons. The van der Waals surface area contributed by atoms with E-state index < -0.39 is 17.5 Å². The fraction of sp³-hybridized carbons (Fsp3) is 0.621. The number of aliphatic hydroxyl groups excluding tert-OH is 1. The van der Waals surface area contributed by atoms with Crippen LogP contribution in [0.4, 0.5) is 0 Å². The van der Waals surface area contributed by atoms with Crippen molar-refractivity contribution < 1.29 is 24.5 Å². The third-order valence-electron chi connectivity index (χ3n) is 9.86. The molecule has 0 aliphatic heterocycles. The number of halogens is 2. The molecule has 3 fully saturated rings. The second-order valence-electron chi connectivity index (χ2n) is 12.4. The smallest absolute Gasteiger partial charge is 0.309 e. The van der Waals surface area contributed by atoms with E-state index in [9.17, 15) is 19.8 Å². The summed E-state index contributed by atoms with van der Waals surface area (Å²) in [4.78, 5) is 27.5. The number of fused-ring (bicyclic) bond motifs is 1. The van der Waals surface area contributed by atoms with E-state index in [1.165, 1.54) is 13.3 Å². The quantitative estimate of drug-likeness (QED) is 0.397. The first-order valence-electron chi connectivity index (χ1n) is 13.7. The van der Waals surface area contributed by atoms with Gasteiger partial charge in [-0.25, -0.2) is 0 Å². The van der Waals surface area contributed by atoms with Gasteiger partial charge in [-0.05, 0) is 74.8 Å². The molecule has 39 heavy (non-hydrogen) atoms. The Balaban J connectivity index is 1.39. The van der Waals surface area contributed by atoms with Gasteiger partial charge in [0.25, 0.3) is 5.91 Å². The number of amides is 1. The number of carbonyl (C=O) groups is 2. The van der Waals surface area contributed by atoms with Crippen LogP contribution in [0.15, 0.2) is 24.4 Å².